The van der Waals surface area contributed by atoms with Gasteiger partial charge in [0, 0.05) is 16.8 Å². The van der Waals surface area contributed by atoms with Crippen molar-refractivity contribution in [3.05, 3.63) is 101 Å². The molecule has 5 rings (SSSR count). The molecule has 0 unspecified atom stereocenters. The zero-order chi connectivity index (χ0) is 26.3. The number of rotatable bonds is 5. The van der Waals surface area contributed by atoms with Crippen LogP contribution in [0.15, 0.2) is 78.4 Å². The van der Waals surface area contributed by atoms with Crippen LogP contribution in [0.3, 0.4) is 0 Å². The van der Waals surface area contributed by atoms with E-state index in [2.05, 4.69) is 48.0 Å². The standard InChI is InChI=1S/C31H29N3O3/c1-5-19(2)22-13-15-25(16-14-22)34-30(36)27(29(35)32-31(34)37)18-24-17-20(3)33(21(24)4)28-12-8-10-23-9-6-7-11-26(23)28/h6-19H,5H2,1-4H3,(H,32,35,37)/b27-18-/t19-/m1/s1. The summed E-state index contributed by atoms with van der Waals surface area (Å²) in [6, 6.07) is 22.9. The van der Waals surface area contributed by atoms with Crippen LogP contribution >= 0.6 is 0 Å². The molecule has 0 spiro atoms. The number of aromatic nitrogens is 1. The van der Waals surface area contributed by atoms with Gasteiger partial charge in [0.25, 0.3) is 11.8 Å². The first kappa shape index (κ1) is 24.3. The molecule has 37 heavy (non-hydrogen) atoms. The van der Waals surface area contributed by atoms with Crippen LogP contribution in [0.2, 0.25) is 0 Å². The van der Waals surface area contributed by atoms with E-state index in [1.54, 1.807) is 18.2 Å². The fourth-order valence-electron chi connectivity index (χ4n) is 4.94. The SMILES string of the molecule is CC[C@@H](C)c1ccc(N2C(=O)NC(=O)/C(=C/c3cc(C)n(-c4cccc5ccccc45)c3C)C2=O)cc1. The summed E-state index contributed by atoms with van der Waals surface area (Å²) in [6.07, 6.45) is 2.57. The van der Waals surface area contributed by atoms with E-state index in [1.807, 2.05) is 50.2 Å². The van der Waals surface area contributed by atoms with E-state index in [4.69, 9.17) is 0 Å². The third-order valence-electron chi connectivity index (χ3n) is 7.21. The van der Waals surface area contributed by atoms with E-state index in [0.29, 0.717) is 11.6 Å². The maximum absolute atomic E-state index is 13.4. The zero-order valence-corrected chi connectivity index (χ0v) is 21.4. The summed E-state index contributed by atoms with van der Waals surface area (Å²) in [6.45, 7) is 8.19. The predicted octanol–water partition coefficient (Wildman–Crippen LogP) is 6.43. The third kappa shape index (κ3) is 4.25. The lowest BCUT2D eigenvalue weighted by atomic mass is 9.98. The summed E-state index contributed by atoms with van der Waals surface area (Å²) in [7, 11) is 0. The number of benzene rings is 3. The van der Waals surface area contributed by atoms with E-state index in [1.165, 1.54) is 0 Å². The minimum atomic E-state index is -0.746. The summed E-state index contributed by atoms with van der Waals surface area (Å²) in [5.74, 6) is -0.966. The summed E-state index contributed by atoms with van der Waals surface area (Å²) in [5.41, 5.74) is 5.10. The molecule has 1 atom stereocenters. The van der Waals surface area contributed by atoms with Crippen LogP contribution in [0.25, 0.3) is 22.5 Å². The quantitative estimate of drug-likeness (QED) is 0.258. The molecule has 1 fully saturated rings. The Bertz CT molecular complexity index is 1570. The van der Waals surface area contributed by atoms with Gasteiger partial charge < -0.3 is 4.57 Å². The van der Waals surface area contributed by atoms with E-state index < -0.39 is 17.8 Å². The van der Waals surface area contributed by atoms with Crippen LogP contribution in [-0.4, -0.2) is 22.4 Å². The van der Waals surface area contributed by atoms with Crippen LogP contribution in [0.1, 0.15) is 48.7 Å². The number of carbonyl (C=O) groups excluding carboxylic acids is 3. The molecule has 0 saturated carbocycles. The van der Waals surface area contributed by atoms with Gasteiger partial charge in [-0.25, -0.2) is 9.69 Å². The molecule has 1 aliphatic rings. The largest absolute Gasteiger partial charge is 0.335 e. The minimum Gasteiger partial charge on any atom is -0.317 e. The van der Waals surface area contributed by atoms with E-state index in [0.717, 1.165) is 50.3 Å². The van der Waals surface area contributed by atoms with Gasteiger partial charge in [-0.3, -0.25) is 14.9 Å². The Kier molecular flexibility index (Phi) is 6.25. The number of hydrogen-bond acceptors (Lipinski definition) is 3. The number of urea groups is 1. The molecule has 0 bridgehead atoms. The summed E-state index contributed by atoms with van der Waals surface area (Å²) in [4.78, 5) is 39.9. The molecule has 0 radical (unpaired) electrons. The number of barbiturate groups is 1. The molecule has 6 nitrogen and oxygen atoms in total. The van der Waals surface area contributed by atoms with Crippen molar-refractivity contribution in [3.8, 4) is 5.69 Å². The number of fused-ring (bicyclic) bond motifs is 1. The van der Waals surface area contributed by atoms with Crippen LogP contribution in [0.4, 0.5) is 10.5 Å². The highest BCUT2D eigenvalue weighted by Gasteiger charge is 2.37. The van der Waals surface area contributed by atoms with Crippen LogP contribution in [0.5, 0.6) is 0 Å². The van der Waals surface area contributed by atoms with Gasteiger partial charge in [0.1, 0.15) is 5.57 Å². The van der Waals surface area contributed by atoms with Gasteiger partial charge in [0.15, 0.2) is 0 Å². The average Bonchev–Trinajstić information content (AvgIpc) is 3.18. The summed E-state index contributed by atoms with van der Waals surface area (Å²) < 4.78 is 2.12. The topological polar surface area (TPSA) is 71.4 Å². The molecule has 4 aromatic rings. The van der Waals surface area contributed by atoms with Gasteiger partial charge in [0.2, 0.25) is 0 Å². The first-order chi connectivity index (χ1) is 17.8. The van der Waals surface area contributed by atoms with Crippen molar-refractivity contribution < 1.29 is 14.4 Å². The maximum atomic E-state index is 13.4. The van der Waals surface area contributed by atoms with Crippen LogP contribution < -0.4 is 10.2 Å². The number of hydrogen-bond donors (Lipinski definition) is 1. The molecule has 186 valence electrons. The Labute approximate surface area is 216 Å². The van der Waals surface area contributed by atoms with E-state index >= 15 is 0 Å². The molecule has 4 amide bonds. The van der Waals surface area contributed by atoms with Crippen molar-refractivity contribution in [2.75, 3.05) is 4.90 Å². The van der Waals surface area contributed by atoms with Gasteiger partial charge in [-0.05, 0) is 73.0 Å². The number of nitrogens with zero attached hydrogens (tertiary/aromatic N) is 2. The van der Waals surface area contributed by atoms with Gasteiger partial charge in [-0.2, -0.15) is 0 Å². The third-order valence-corrected chi connectivity index (χ3v) is 7.21. The molecular formula is C31H29N3O3. The lowest BCUT2D eigenvalue weighted by molar-refractivity contribution is -0.122. The first-order valence-corrected chi connectivity index (χ1v) is 12.5. The van der Waals surface area contributed by atoms with Crippen molar-refractivity contribution in [1.82, 2.24) is 9.88 Å². The number of amides is 4. The molecule has 6 heteroatoms. The number of carbonyl (C=O) groups is 3. The van der Waals surface area contributed by atoms with Crippen molar-refractivity contribution in [2.45, 2.75) is 40.0 Å². The lowest BCUT2D eigenvalue weighted by Gasteiger charge is -2.26. The molecule has 1 saturated heterocycles. The number of imide groups is 2. The van der Waals surface area contributed by atoms with Gasteiger partial charge in [0.05, 0.1) is 11.4 Å². The Morgan fingerprint density at radius 1 is 0.919 bits per heavy atom. The Morgan fingerprint density at radius 2 is 1.62 bits per heavy atom. The minimum absolute atomic E-state index is 0.0798. The molecule has 1 N–H and O–H groups in total. The Balaban J connectivity index is 1.54. The Hall–Kier alpha value is -4.45. The van der Waals surface area contributed by atoms with Crippen LogP contribution in [-0.2, 0) is 9.59 Å². The number of anilines is 1. The number of nitrogens with one attached hydrogen (secondary N) is 1. The second-order valence-electron chi connectivity index (χ2n) is 9.52. The summed E-state index contributed by atoms with van der Waals surface area (Å²) >= 11 is 0. The fourth-order valence-corrected chi connectivity index (χ4v) is 4.94. The smallest absolute Gasteiger partial charge is 0.317 e. The predicted molar refractivity (Wildman–Crippen MR) is 147 cm³/mol. The molecule has 1 aliphatic heterocycles. The summed E-state index contributed by atoms with van der Waals surface area (Å²) in [5, 5.41) is 4.56. The van der Waals surface area contributed by atoms with Crippen molar-refractivity contribution in [1.29, 1.82) is 0 Å². The lowest BCUT2D eigenvalue weighted by Crippen LogP contribution is -2.54. The maximum Gasteiger partial charge on any atom is 0.335 e. The van der Waals surface area contributed by atoms with Gasteiger partial charge >= 0.3 is 6.03 Å². The highest BCUT2D eigenvalue weighted by atomic mass is 16.2. The highest BCUT2D eigenvalue weighted by Crippen LogP contribution is 2.30. The molecule has 1 aromatic heterocycles. The highest BCUT2D eigenvalue weighted by molar-refractivity contribution is 6.39. The van der Waals surface area contributed by atoms with Crippen molar-refractivity contribution in [3.63, 3.8) is 0 Å². The first-order valence-electron chi connectivity index (χ1n) is 12.5. The van der Waals surface area contributed by atoms with Gasteiger partial charge in [-0.1, -0.05) is 62.4 Å². The van der Waals surface area contributed by atoms with E-state index in [-0.39, 0.29) is 5.57 Å². The molecule has 0 aliphatic carbocycles. The van der Waals surface area contributed by atoms with Crippen LogP contribution in [0, 0.1) is 13.8 Å². The Morgan fingerprint density at radius 3 is 2.35 bits per heavy atom. The molecule has 2 heterocycles. The van der Waals surface area contributed by atoms with E-state index in [9.17, 15) is 14.4 Å². The second-order valence-corrected chi connectivity index (χ2v) is 9.52. The average molecular weight is 492 g/mol. The molecule has 3 aromatic carbocycles. The number of aryl methyl sites for hydroxylation is 1. The monoisotopic (exact) mass is 491 g/mol. The van der Waals surface area contributed by atoms with Gasteiger partial charge in [-0.15, -0.1) is 0 Å². The second kappa shape index (κ2) is 9.54. The fraction of sp³-hybridized carbons (Fsp3) is 0.194. The van der Waals surface area contributed by atoms with Crippen molar-refractivity contribution >= 4 is 40.4 Å². The molecular weight excluding hydrogens is 462 g/mol. The van der Waals surface area contributed by atoms with Crippen molar-refractivity contribution in [2.24, 2.45) is 0 Å². The zero-order valence-electron chi connectivity index (χ0n) is 21.4. The normalized spacial score (nSPS) is 15.9.